The molecule has 2 heterocycles. The Morgan fingerprint density at radius 2 is 1.72 bits per heavy atom. The molecule has 29 heavy (non-hydrogen) atoms. The first-order valence-corrected chi connectivity index (χ1v) is 10.6. The molecule has 0 N–H and O–H groups in total. The summed E-state index contributed by atoms with van der Waals surface area (Å²) in [5, 5.41) is 6.75. The first-order valence-electron chi connectivity index (χ1n) is 9.68. The zero-order valence-corrected chi connectivity index (χ0v) is 17.4. The molecule has 4 rings (SSSR count). The van der Waals surface area contributed by atoms with E-state index in [1.165, 1.54) is 5.56 Å². The van der Waals surface area contributed by atoms with Crippen molar-refractivity contribution in [2.24, 2.45) is 0 Å². The van der Waals surface area contributed by atoms with Crippen molar-refractivity contribution in [2.75, 3.05) is 7.05 Å². The van der Waals surface area contributed by atoms with Crippen LogP contribution in [0.3, 0.4) is 0 Å². The van der Waals surface area contributed by atoms with Crippen LogP contribution in [0.5, 0.6) is 0 Å². The third-order valence-electron chi connectivity index (χ3n) is 4.90. The fraction of sp³-hybridized carbons (Fsp3) is 0.167. The average Bonchev–Trinajstić information content (AvgIpc) is 3.44. The van der Waals surface area contributed by atoms with E-state index in [-0.39, 0.29) is 5.91 Å². The Labute approximate surface area is 175 Å². The van der Waals surface area contributed by atoms with E-state index >= 15 is 0 Å². The van der Waals surface area contributed by atoms with Gasteiger partial charge in [-0.2, -0.15) is 5.10 Å². The molecule has 0 atom stereocenters. The summed E-state index contributed by atoms with van der Waals surface area (Å²) in [6.07, 6.45) is 1.01. The maximum absolute atomic E-state index is 13.3. The molecule has 4 nitrogen and oxygen atoms in total. The molecular weight excluding hydrogens is 378 g/mol. The Bertz CT molecular complexity index is 1080. The fourth-order valence-electron chi connectivity index (χ4n) is 3.27. The van der Waals surface area contributed by atoms with Gasteiger partial charge < -0.3 is 4.90 Å². The molecule has 2 aromatic heterocycles. The molecule has 5 heteroatoms. The van der Waals surface area contributed by atoms with Gasteiger partial charge >= 0.3 is 0 Å². The summed E-state index contributed by atoms with van der Waals surface area (Å²) in [5.74, 6) is -0.0521. The lowest BCUT2D eigenvalue weighted by Crippen LogP contribution is -2.28. The van der Waals surface area contributed by atoms with Gasteiger partial charge in [-0.25, -0.2) is 4.68 Å². The molecule has 0 bridgehead atoms. The molecule has 0 radical (unpaired) electrons. The summed E-state index contributed by atoms with van der Waals surface area (Å²) in [7, 11) is 1.84. The lowest BCUT2D eigenvalue weighted by atomic mass is 10.1. The Morgan fingerprint density at radius 3 is 2.38 bits per heavy atom. The molecule has 0 aliphatic rings. The second-order valence-corrected chi connectivity index (χ2v) is 7.92. The lowest BCUT2D eigenvalue weighted by molar-refractivity contribution is 0.0776. The Hall–Kier alpha value is -3.18. The number of thiophene rings is 1. The van der Waals surface area contributed by atoms with Gasteiger partial charge in [0.1, 0.15) is 11.4 Å². The molecule has 0 fully saturated rings. The number of carbonyl (C=O) groups is 1. The van der Waals surface area contributed by atoms with Gasteiger partial charge in [0.15, 0.2) is 0 Å². The van der Waals surface area contributed by atoms with Gasteiger partial charge in [-0.1, -0.05) is 55.5 Å². The van der Waals surface area contributed by atoms with Gasteiger partial charge in [0.05, 0.1) is 10.6 Å². The van der Waals surface area contributed by atoms with Crippen LogP contribution in [0.2, 0.25) is 0 Å². The number of benzene rings is 2. The maximum Gasteiger partial charge on any atom is 0.272 e. The summed E-state index contributed by atoms with van der Waals surface area (Å²) in [6, 6.07) is 24.1. The van der Waals surface area contributed by atoms with Crippen LogP contribution < -0.4 is 0 Å². The SMILES string of the molecule is CCc1ccc(CN(C)C(=O)c2cc(-c3cccs3)nn2-c2ccccc2)cc1. The van der Waals surface area contributed by atoms with Crippen molar-refractivity contribution in [2.45, 2.75) is 19.9 Å². The zero-order chi connectivity index (χ0) is 20.2. The topological polar surface area (TPSA) is 38.1 Å². The van der Waals surface area contributed by atoms with E-state index < -0.39 is 0 Å². The summed E-state index contributed by atoms with van der Waals surface area (Å²) >= 11 is 1.62. The molecule has 1 amide bonds. The molecule has 0 saturated carbocycles. The smallest absolute Gasteiger partial charge is 0.272 e. The Balaban J connectivity index is 1.65. The number of aromatic nitrogens is 2. The van der Waals surface area contributed by atoms with Crippen molar-refractivity contribution < 1.29 is 4.79 Å². The van der Waals surface area contributed by atoms with E-state index in [2.05, 4.69) is 31.2 Å². The van der Waals surface area contributed by atoms with Crippen molar-refractivity contribution in [1.29, 1.82) is 0 Å². The minimum atomic E-state index is -0.0521. The minimum absolute atomic E-state index is 0.0521. The number of amides is 1. The molecule has 0 aliphatic heterocycles. The molecule has 4 aromatic rings. The predicted octanol–water partition coefficient (Wildman–Crippen LogP) is 5.44. The lowest BCUT2D eigenvalue weighted by Gasteiger charge is -2.18. The molecule has 0 spiro atoms. The minimum Gasteiger partial charge on any atom is -0.336 e. The van der Waals surface area contributed by atoms with Crippen LogP contribution in [0.4, 0.5) is 0 Å². The first kappa shape index (κ1) is 19.2. The van der Waals surface area contributed by atoms with Gasteiger partial charge in [0.2, 0.25) is 0 Å². The number of rotatable bonds is 6. The van der Waals surface area contributed by atoms with Crippen LogP contribution >= 0.6 is 11.3 Å². The Kier molecular flexibility index (Phi) is 5.58. The molecule has 2 aromatic carbocycles. The maximum atomic E-state index is 13.3. The van der Waals surface area contributed by atoms with Crippen LogP contribution in [0, 0.1) is 0 Å². The molecule has 0 unspecified atom stereocenters. The van der Waals surface area contributed by atoms with Gasteiger partial charge in [0.25, 0.3) is 5.91 Å². The number of hydrogen-bond acceptors (Lipinski definition) is 3. The summed E-state index contributed by atoms with van der Waals surface area (Å²) in [5.41, 5.74) is 4.66. The number of hydrogen-bond donors (Lipinski definition) is 0. The Morgan fingerprint density at radius 1 is 1.00 bits per heavy atom. The standard InChI is InChI=1S/C24H23N3OS/c1-3-18-11-13-19(14-12-18)17-26(2)24(28)22-16-21(23-10-7-15-29-23)25-27(22)20-8-5-4-6-9-20/h4-16H,3,17H2,1-2H3. The highest BCUT2D eigenvalue weighted by atomic mass is 32.1. The average molecular weight is 402 g/mol. The van der Waals surface area contributed by atoms with E-state index in [0.29, 0.717) is 12.2 Å². The van der Waals surface area contributed by atoms with E-state index in [0.717, 1.165) is 28.2 Å². The van der Waals surface area contributed by atoms with Gasteiger partial charge in [-0.05, 0) is 47.2 Å². The van der Waals surface area contributed by atoms with E-state index in [9.17, 15) is 4.79 Å². The van der Waals surface area contributed by atoms with Crippen LogP contribution in [0.1, 0.15) is 28.5 Å². The normalized spacial score (nSPS) is 10.8. The third-order valence-corrected chi connectivity index (χ3v) is 5.79. The molecular formula is C24H23N3OS. The van der Waals surface area contributed by atoms with E-state index in [1.54, 1.807) is 20.9 Å². The number of carbonyl (C=O) groups excluding carboxylic acids is 1. The van der Waals surface area contributed by atoms with Crippen molar-refractivity contribution in [1.82, 2.24) is 14.7 Å². The highest BCUT2D eigenvalue weighted by Gasteiger charge is 2.21. The quantitative estimate of drug-likeness (QED) is 0.432. The second-order valence-electron chi connectivity index (χ2n) is 6.97. The van der Waals surface area contributed by atoms with Crippen LogP contribution in [0.15, 0.2) is 78.2 Å². The first-order chi connectivity index (χ1) is 14.2. The zero-order valence-electron chi connectivity index (χ0n) is 16.6. The summed E-state index contributed by atoms with van der Waals surface area (Å²) in [4.78, 5) is 16.1. The van der Waals surface area contributed by atoms with Crippen molar-refractivity contribution >= 4 is 17.2 Å². The highest BCUT2D eigenvalue weighted by Crippen LogP contribution is 2.26. The monoisotopic (exact) mass is 401 g/mol. The number of nitrogens with zero attached hydrogens (tertiary/aromatic N) is 3. The molecule has 0 aliphatic carbocycles. The van der Waals surface area contributed by atoms with Gasteiger partial charge in [-0.15, -0.1) is 11.3 Å². The van der Waals surface area contributed by atoms with Gasteiger partial charge in [-0.3, -0.25) is 4.79 Å². The molecule has 146 valence electrons. The third kappa shape index (κ3) is 4.15. The summed E-state index contributed by atoms with van der Waals surface area (Å²) < 4.78 is 1.74. The number of aryl methyl sites for hydroxylation is 1. The fourth-order valence-corrected chi connectivity index (χ4v) is 3.95. The second kappa shape index (κ2) is 8.45. The van der Waals surface area contributed by atoms with E-state index in [4.69, 9.17) is 5.10 Å². The van der Waals surface area contributed by atoms with Crippen molar-refractivity contribution in [3.05, 3.63) is 95.0 Å². The largest absolute Gasteiger partial charge is 0.336 e. The predicted molar refractivity (Wildman–Crippen MR) is 118 cm³/mol. The van der Waals surface area contributed by atoms with Crippen LogP contribution in [-0.4, -0.2) is 27.6 Å². The van der Waals surface area contributed by atoms with Crippen molar-refractivity contribution in [3.63, 3.8) is 0 Å². The number of para-hydroxylation sites is 1. The van der Waals surface area contributed by atoms with Crippen LogP contribution in [0.25, 0.3) is 16.3 Å². The summed E-state index contributed by atoms with van der Waals surface area (Å²) in [6.45, 7) is 2.69. The van der Waals surface area contributed by atoms with E-state index in [1.807, 2.05) is 61.0 Å². The van der Waals surface area contributed by atoms with Crippen molar-refractivity contribution in [3.8, 4) is 16.3 Å². The van der Waals surface area contributed by atoms with Crippen LogP contribution in [-0.2, 0) is 13.0 Å². The highest BCUT2D eigenvalue weighted by molar-refractivity contribution is 7.13. The molecule has 0 saturated heterocycles. The van der Waals surface area contributed by atoms with Gasteiger partial charge in [0, 0.05) is 13.6 Å².